The molecule has 1 heterocycles. The smallest absolute Gasteiger partial charge is 0.319 e. The van der Waals surface area contributed by atoms with Crippen LogP contribution in [0.5, 0.6) is 0 Å². The molecule has 1 aromatic carbocycles. The quantitative estimate of drug-likeness (QED) is 0.894. The predicted octanol–water partition coefficient (Wildman–Crippen LogP) is 3.61. The number of hydrogen-bond acceptors (Lipinski definition) is 2. The highest BCUT2D eigenvalue weighted by molar-refractivity contribution is 6.31. The second-order valence-corrected chi connectivity index (χ2v) is 6.02. The Bertz CT molecular complexity index is 496. The van der Waals surface area contributed by atoms with Crippen LogP contribution in [-0.2, 0) is 0 Å². The Morgan fingerprint density at radius 2 is 1.95 bits per heavy atom. The molecule has 108 valence electrons. The molecule has 2 fully saturated rings. The average Bonchev–Trinajstić information content (AvgIpc) is 3.23. The Morgan fingerprint density at radius 1 is 1.20 bits per heavy atom. The lowest BCUT2D eigenvalue weighted by Crippen LogP contribution is -2.33. The lowest BCUT2D eigenvalue weighted by molar-refractivity contribution is 0.251. The summed E-state index contributed by atoms with van der Waals surface area (Å²) in [6.45, 7) is 2.08. The molecule has 1 aromatic rings. The van der Waals surface area contributed by atoms with Crippen LogP contribution in [0.25, 0.3) is 0 Å². The van der Waals surface area contributed by atoms with Gasteiger partial charge in [-0.2, -0.15) is 0 Å². The Labute approximate surface area is 124 Å². The molecule has 5 heteroatoms. The normalized spacial score (nSPS) is 18.8. The fourth-order valence-corrected chi connectivity index (χ4v) is 2.76. The third-order valence-electron chi connectivity index (χ3n) is 3.82. The van der Waals surface area contributed by atoms with E-state index in [1.807, 2.05) is 18.2 Å². The minimum atomic E-state index is -0.131. The monoisotopic (exact) mass is 293 g/mol. The number of anilines is 2. The van der Waals surface area contributed by atoms with Crippen LogP contribution in [0.1, 0.15) is 32.1 Å². The zero-order valence-corrected chi connectivity index (χ0v) is 12.2. The van der Waals surface area contributed by atoms with Gasteiger partial charge in [-0.1, -0.05) is 11.6 Å². The summed E-state index contributed by atoms with van der Waals surface area (Å²) in [5.74, 6) is 0. The van der Waals surface area contributed by atoms with Crippen LogP contribution in [0, 0.1) is 0 Å². The standard InChI is InChI=1S/C15H20ClN3O/c16-11-4-7-14(19-8-2-1-3-9-19)13(10-11)18-15(20)17-12-5-6-12/h4,7,10,12H,1-3,5-6,8-9H2,(H2,17,18,20). The van der Waals surface area contributed by atoms with E-state index in [-0.39, 0.29) is 6.03 Å². The van der Waals surface area contributed by atoms with Crippen molar-refractivity contribution in [2.75, 3.05) is 23.3 Å². The number of benzene rings is 1. The van der Waals surface area contributed by atoms with Crippen molar-refractivity contribution in [1.29, 1.82) is 0 Å². The largest absolute Gasteiger partial charge is 0.370 e. The number of rotatable bonds is 3. The van der Waals surface area contributed by atoms with Gasteiger partial charge in [-0.05, 0) is 50.3 Å². The first-order valence-corrected chi connectivity index (χ1v) is 7.72. The first-order valence-electron chi connectivity index (χ1n) is 7.34. The topological polar surface area (TPSA) is 44.4 Å². The number of carbonyl (C=O) groups is 1. The molecule has 0 aromatic heterocycles. The molecule has 3 rings (SSSR count). The second-order valence-electron chi connectivity index (χ2n) is 5.58. The summed E-state index contributed by atoms with van der Waals surface area (Å²) in [7, 11) is 0. The molecule has 1 aliphatic carbocycles. The summed E-state index contributed by atoms with van der Waals surface area (Å²) >= 11 is 6.07. The summed E-state index contributed by atoms with van der Waals surface area (Å²) in [6, 6.07) is 5.94. The van der Waals surface area contributed by atoms with Crippen molar-refractivity contribution in [2.24, 2.45) is 0 Å². The van der Waals surface area contributed by atoms with Crippen molar-refractivity contribution >= 4 is 29.0 Å². The molecule has 2 N–H and O–H groups in total. The van der Waals surface area contributed by atoms with E-state index in [2.05, 4.69) is 15.5 Å². The van der Waals surface area contributed by atoms with E-state index < -0.39 is 0 Å². The molecule has 0 radical (unpaired) electrons. The lowest BCUT2D eigenvalue weighted by Gasteiger charge is -2.30. The van der Waals surface area contributed by atoms with E-state index in [0.29, 0.717) is 11.1 Å². The first kappa shape index (κ1) is 13.6. The van der Waals surface area contributed by atoms with E-state index >= 15 is 0 Å². The van der Waals surface area contributed by atoms with Crippen molar-refractivity contribution in [3.05, 3.63) is 23.2 Å². The molecule has 1 saturated heterocycles. The third kappa shape index (κ3) is 3.37. The Kier molecular flexibility index (Phi) is 4.01. The van der Waals surface area contributed by atoms with Crippen LogP contribution in [0.3, 0.4) is 0 Å². The van der Waals surface area contributed by atoms with Gasteiger partial charge in [-0.3, -0.25) is 0 Å². The zero-order valence-electron chi connectivity index (χ0n) is 11.5. The first-order chi connectivity index (χ1) is 9.72. The van der Waals surface area contributed by atoms with Gasteiger partial charge in [0.15, 0.2) is 0 Å². The molecule has 4 nitrogen and oxygen atoms in total. The highest BCUT2D eigenvalue weighted by Crippen LogP contribution is 2.31. The average molecular weight is 294 g/mol. The van der Waals surface area contributed by atoms with Crippen LogP contribution in [0.4, 0.5) is 16.2 Å². The molecule has 0 bridgehead atoms. The maximum atomic E-state index is 11.9. The maximum Gasteiger partial charge on any atom is 0.319 e. The number of nitrogens with zero attached hydrogens (tertiary/aromatic N) is 1. The van der Waals surface area contributed by atoms with Crippen LogP contribution >= 0.6 is 11.6 Å². The Hall–Kier alpha value is -1.42. The van der Waals surface area contributed by atoms with Gasteiger partial charge >= 0.3 is 6.03 Å². The Balaban J connectivity index is 1.75. The number of nitrogens with one attached hydrogen (secondary N) is 2. The third-order valence-corrected chi connectivity index (χ3v) is 4.05. The van der Waals surface area contributed by atoms with Crippen LogP contribution in [0.15, 0.2) is 18.2 Å². The predicted molar refractivity (Wildman–Crippen MR) is 82.7 cm³/mol. The van der Waals surface area contributed by atoms with Gasteiger partial charge in [0.05, 0.1) is 11.4 Å². The number of urea groups is 1. The number of hydrogen-bond donors (Lipinski definition) is 2. The highest BCUT2D eigenvalue weighted by atomic mass is 35.5. The van der Waals surface area contributed by atoms with Gasteiger partial charge in [0.2, 0.25) is 0 Å². The molecular formula is C15H20ClN3O. The lowest BCUT2D eigenvalue weighted by atomic mass is 10.1. The van der Waals surface area contributed by atoms with Gasteiger partial charge in [-0.15, -0.1) is 0 Å². The molecule has 0 spiro atoms. The highest BCUT2D eigenvalue weighted by Gasteiger charge is 2.24. The fourth-order valence-electron chi connectivity index (χ4n) is 2.59. The molecule has 20 heavy (non-hydrogen) atoms. The van der Waals surface area contributed by atoms with Crippen LogP contribution in [0.2, 0.25) is 5.02 Å². The van der Waals surface area contributed by atoms with Crippen LogP contribution in [-0.4, -0.2) is 25.2 Å². The van der Waals surface area contributed by atoms with Crippen molar-refractivity contribution in [3.8, 4) is 0 Å². The summed E-state index contributed by atoms with van der Waals surface area (Å²) in [6.07, 6.45) is 5.87. The minimum Gasteiger partial charge on any atom is -0.370 e. The Morgan fingerprint density at radius 3 is 2.65 bits per heavy atom. The van der Waals surface area contributed by atoms with Gasteiger partial charge in [0.1, 0.15) is 0 Å². The summed E-state index contributed by atoms with van der Waals surface area (Å²) < 4.78 is 0. The second kappa shape index (κ2) is 5.92. The summed E-state index contributed by atoms with van der Waals surface area (Å²) in [5.41, 5.74) is 1.87. The van der Waals surface area contributed by atoms with Crippen molar-refractivity contribution in [2.45, 2.75) is 38.1 Å². The summed E-state index contributed by atoms with van der Waals surface area (Å²) in [4.78, 5) is 14.3. The number of carbonyl (C=O) groups excluding carboxylic acids is 1. The minimum absolute atomic E-state index is 0.131. The van der Waals surface area contributed by atoms with Gasteiger partial charge in [-0.25, -0.2) is 4.79 Å². The van der Waals surface area contributed by atoms with E-state index in [1.54, 1.807) is 0 Å². The van der Waals surface area contributed by atoms with E-state index in [4.69, 9.17) is 11.6 Å². The molecule has 0 atom stereocenters. The maximum absolute atomic E-state index is 11.9. The number of amides is 2. The van der Waals surface area contributed by atoms with Crippen LogP contribution < -0.4 is 15.5 Å². The molecule has 2 aliphatic rings. The molecule has 2 amide bonds. The van der Waals surface area contributed by atoms with Gasteiger partial charge in [0.25, 0.3) is 0 Å². The molecule has 1 saturated carbocycles. The van der Waals surface area contributed by atoms with E-state index in [1.165, 1.54) is 19.3 Å². The van der Waals surface area contributed by atoms with Crippen molar-refractivity contribution in [1.82, 2.24) is 5.32 Å². The summed E-state index contributed by atoms with van der Waals surface area (Å²) in [5, 5.41) is 6.53. The molecular weight excluding hydrogens is 274 g/mol. The molecule has 1 aliphatic heterocycles. The van der Waals surface area contributed by atoms with Gasteiger partial charge in [0, 0.05) is 24.2 Å². The van der Waals surface area contributed by atoms with E-state index in [0.717, 1.165) is 37.3 Å². The number of halogens is 1. The van der Waals surface area contributed by atoms with Crippen molar-refractivity contribution in [3.63, 3.8) is 0 Å². The fraction of sp³-hybridized carbons (Fsp3) is 0.533. The number of piperidine rings is 1. The van der Waals surface area contributed by atoms with E-state index in [9.17, 15) is 4.79 Å². The van der Waals surface area contributed by atoms with Crippen molar-refractivity contribution < 1.29 is 4.79 Å². The van der Waals surface area contributed by atoms with Gasteiger partial charge < -0.3 is 15.5 Å². The molecule has 0 unspecified atom stereocenters. The zero-order chi connectivity index (χ0) is 13.9. The SMILES string of the molecule is O=C(Nc1cc(Cl)ccc1N1CCCCC1)NC1CC1.